The zero-order valence-corrected chi connectivity index (χ0v) is 14.4. The largest absolute Gasteiger partial charge is 0.459 e. The highest BCUT2D eigenvalue weighted by molar-refractivity contribution is 7.90. The molecule has 7 heteroatoms. The second-order valence-electron chi connectivity index (χ2n) is 5.64. The maximum atomic E-state index is 12.3. The average molecular weight is 338 g/mol. The molecule has 0 saturated heterocycles. The molecule has 6 nitrogen and oxygen atoms in total. The van der Waals surface area contributed by atoms with Gasteiger partial charge in [0.1, 0.15) is 21.2 Å². The van der Waals surface area contributed by atoms with E-state index in [4.69, 9.17) is 4.42 Å². The van der Waals surface area contributed by atoms with Gasteiger partial charge in [-0.3, -0.25) is 0 Å². The van der Waals surface area contributed by atoms with Crippen molar-refractivity contribution in [3.63, 3.8) is 0 Å². The van der Waals surface area contributed by atoms with Crippen LogP contribution in [0.3, 0.4) is 0 Å². The molecule has 0 aliphatic carbocycles. The van der Waals surface area contributed by atoms with E-state index in [1.807, 2.05) is 37.3 Å². The van der Waals surface area contributed by atoms with E-state index in [9.17, 15) is 13.2 Å². The number of urea groups is 1. The van der Waals surface area contributed by atoms with Crippen LogP contribution in [-0.4, -0.2) is 43.9 Å². The molecule has 2 amide bonds. The van der Waals surface area contributed by atoms with Crippen molar-refractivity contribution in [2.75, 3.05) is 18.6 Å². The number of hydrogen-bond donors (Lipinski definition) is 1. The Labute approximate surface area is 136 Å². The minimum Gasteiger partial charge on any atom is -0.459 e. The second kappa shape index (κ2) is 7.04. The van der Waals surface area contributed by atoms with Crippen LogP contribution in [0.15, 0.2) is 34.7 Å². The summed E-state index contributed by atoms with van der Waals surface area (Å²) >= 11 is 0. The van der Waals surface area contributed by atoms with Crippen LogP contribution in [0, 0.1) is 0 Å². The number of sulfone groups is 1. The molecular weight excluding hydrogens is 316 g/mol. The van der Waals surface area contributed by atoms with Gasteiger partial charge in [0.25, 0.3) is 0 Å². The number of rotatable bonds is 6. The van der Waals surface area contributed by atoms with Gasteiger partial charge in [-0.2, -0.15) is 0 Å². The monoisotopic (exact) mass is 338 g/mol. The first kappa shape index (κ1) is 17.3. The number of fused-ring (bicyclic) bond motifs is 1. The molecule has 1 N–H and O–H groups in total. The number of para-hydroxylation sites is 1. The standard InChI is InChI=1S/C16H22N2O4S/c1-4-18(12(2)11-23(3,20)21)16(19)17-10-14-9-13-7-5-6-8-15(13)22-14/h5-9,12H,4,10-11H2,1-3H3,(H,17,19)/t12-/m1/s1. The number of carbonyl (C=O) groups is 1. The third-order valence-corrected chi connectivity index (χ3v) is 4.66. The van der Waals surface area contributed by atoms with Crippen molar-refractivity contribution in [3.8, 4) is 0 Å². The third kappa shape index (κ3) is 4.72. The van der Waals surface area contributed by atoms with Gasteiger partial charge < -0.3 is 14.6 Å². The van der Waals surface area contributed by atoms with Crippen molar-refractivity contribution in [2.24, 2.45) is 0 Å². The first-order chi connectivity index (χ1) is 10.8. The number of furan rings is 1. The van der Waals surface area contributed by atoms with Gasteiger partial charge in [0.2, 0.25) is 0 Å². The summed E-state index contributed by atoms with van der Waals surface area (Å²) in [4.78, 5) is 13.8. The Morgan fingerprint density at radius 2 is 2.04 bits per heavy atom. The van der Waals surface area contributed by atoms with Gasteiger partial charge in [0.15, 0.2) is 0 Å². The summed E-state index contributed by atoms with van der Waals surface area (Å²) in [7, 11) is -3.14. The number of benzene rings is 1. The third-order valence-electron chi connectivity index (χ3n) is 3.57. The number of hydrogen-bond acceptors (Lipinski definition) is 4. The predicted molar refractivity (Wildman–Crippen MR) is 90.0 cm³/mol. The van der Waals surface area contributed by atoms with Gasteiger partial charge in [-0.25, -0.2) is 13.2 Å². The number of amides is 2. The van der Waals surface area contributed by atoms with Gasteiger partial charge >= 0.3 is 6.03 Å². The lowest BCUT2D eigenvalue weighted by molar-refractivity contribution is 0.186. The summed E-state index contributed by atoms with van der Waals surface area (Å²) in [5, 5.41) is 3.76. The first-order valence-electron chi connectivity index (χ1n) is 7.50. The van der Waals surface area contributed by atoms with Crippen molar-refractivity contribution >= 4 is 26.8 Å². The highest BCUT2D eigenvalue weighted by Gasteiger charge is 2.22. The van der Waals surface area contributed by atoms with Crippen LogP contribution in [0.25, 0.3) is 11.0 Å². The van der Waals surface area contributed by atoms with Crippen LogP contribution < -0.4 is 5.32 Å². The van der Waals surface area contributed by atoms with Gasteiger partial charge in [-0.15, -0.1) is 0 Å². The van der Waals surface area contributed by atoms with Crippen molar-refractivity contribution in [3.05, 3.63) is 36.1 Å². The molecule has 1 atom stereocenters. The molecule has 2 aromatic rings. The summed E-state index contributed by atoms with van der Waals surface area (Å²) in [6, 6.07) is 8.82. The molecule has 0 spiro atoms. The second-order valence-corrected chi connectivity index (χ2v) is 7.82. The Balaban J connectivity index is 1.99. The van der Waals surface area contributed by atoms with E-state index in [0.29, 0.717) is 12.3 Å². The van der Waals surface area contributed by atoms with Crippen LogP contribution >= 0.6 is 0 Å². The highest BCUT2D eigenvalue weighted by Crippen LogP contribution is 2.18. The molecule has 0 radical (unpaired) electrons. The van der Waals surface area contributed by atoms with Crippen LogP contribution in [0.2, 0.25) is 0 Å². The summed E-state index contributed by atoms with van der Waals surface area (Å²) in [6.45, 7) is 4.24. The lowest BCUT2D eigenvalue weighted by atomic mass is 10.2. The molecule has 23 heavy (non-hydrogen) atoms. The molecule has 0 saturated carbocycles. The van der Waals surface area contributed by atoms with E-state index in [2.05, 4.69) is 5.32 Å². The van der Waals surface area contributed by atoms with E-state index < -0.39 is 9.84 Å². The molecular formula is C16H22N2O4S. The lowest BCUT2D eigenvalue weighted by Gasteiger charge is -2.27. The topological polar surface area (TPSA) is 79.6 Å². The van der Waals surface area contributed by atoms with Crippen molar-refractivity contribution in [2.45, 2.75) is 26.4 Å². The minimum atomic E-state index is -3.14. The highest BCUT2D eigenvalue weighted by atomic mass is 32.2. The van der Waals surface area contributed by atoms with Crippen molar-refractivity contribution in [1.29, 1.82) is 0 Å². The van der Waals surface area contributed by atoms with Gasteiger partial charge in [0, 0.05) is 24.2 Å². The fourth-order valence-electron chi connectivity index (χ4n) is 2.57. The zero-order chi connectivity index (χ0) is 17.0. The van der Waals surface area contributed by atoms with Crippen LogP contribution in [0.1, 0.15) is 19.6 Å². The maximum Gasteiger partial charge on any atom is 0.318 e. The lowest BCUT2D eigenvalue weighted by Crippen LogP contribution is -2.47. The van der Waals surface area contributed by atoms with E-state index in [1.165, 1.54) is 11.2 Å². The fraction of sp³-hybridized carbons (Fsp3) is 0.438. The predicted octanol–water partition coefficient (Wildman–Crippen LogP) is 2.40. The number of nitrogens with one attached hydrogen (secondary N) is 1. The SMILES string of the molecule is CCN(C(=O)NCc1cc2ccccc2o1)[C@H](C)CS(C)(=O)=O. The molecule has 0 bridgehead atoms. The van der Waals surface area contributed by atoms with Crippen molar-refractivity contribution < 1.29 is 17.6 Å². The Kier molecular flexibility index (Phi) is 5.30. The summed E-state index contributed by atoms with van der Waals surface area (Å²) < 4.78 is 28.4. The van der Waals surface area contributed by atoms with Gasteiger partial charge in [-0.05, 0) is 26.0 Å². The molecule has 0 aliphatic heterocycles. The quantitative estimate of drug-likeness (QED) is 0.877. The molecule has 1 aromatic carbocycles. The first-order valence-corrected chi connectivity index (χ1v) is 9.56. The van der Waals surface area contributed by atoms with Crippen LogP contribution in [-0.2, 0) is 16.4 Å². The summed E-state index contributed by atoms with van der Waals surface area (Å²) in [6.07, 6.45) is 1.17. The van der Waals surface area contributed by atoms with E-state index >= 15 is 0 Å². The summed E-state index contributed by atoms with van der Waals surface area (Å²) in [5.74, 6) is 0.602. The maximum absolute atomic E-state index is 12.3. The Morgan fingerprint density at radius 1 is 1.35 bits per heavy atom. The van der Waals surface area contributed by atoms with E-state index in [0.717, 1.165) is 11.0 Å². The van der Waals surface area contributed by atoms with Gasteiger partial charge in [0.05, 0.1) is 12.3 Å². The smallest absolute Gasteiger partial charge is 0.318 e. The number of carbonyl (C=O) groups excluding carboxylic acids is 1. The van der Waals surface area contributed by atoms with Gasteiger partial charge in [-0.1, -0.05) is 18.2 Å². The number of nitrogens with zero attached hydrogens (tertiary/aromatic N) is 1. The molecule has 0 fully saturated rings. The molecule has 0 aliphatic rings. The Hall–Kier alpha value is -2.02. The van der Waals surface area contributed by atoms with E-state index in [1.54, 1.807) is 6.92 Å². The molecule has 1 heterocycles. The minimum absolute atomic E-state index is 0.0566. The van der Waals surface area contributed by atoms with Crippen molar-refractivity contribution in [1.82, 2.24) is 10.2 Å². The van der Waals surface area contributed by atoms with Crippen LogP contribution in [0.4, 0.5) is 4.79 Å². The zero-order valence-electron chi connectivity index (χ0n) is 13.6. The Bertz CT molecular complexity index is 749. The molecule has 0 unspecified atom stereocenters. The summed E-state index contributed by atoms with van der Waals surface area (Å²) in [5.41, 5.74) is 0.773. The Morgan fingerprint density at radius 3 is 2.65 bits per heavy atom. The fourth-order valence-corrected chi connectivity index (χ4v) is 3.63. The molecule has 2 rings (SSSR count). The van der Waals surface area contributed by atoms with Crippen LogP contribution in [0.5, 0.6) is 0 Å². The molecule has 1 aromatic heterocycles. The van der Waals surface area contributed by atoms with E-state index in [-0.39, 0.29) is 24.4 Å². The average Bonchev–Trinajstić information content (AvgIpc) is 2.86. The normalized spacial score (nSPS) is 13.0. The molecule has 126 valence electrons.